The highest BCUT2D eigenvalue weighted by atomic mass is 19.1. The predicted molar refractivity (Wildman–Crippen MR) is 242 cm³/mol. The Kier molecular flexibility index (Phi) is 10.0. The van der Waals surface area contributed by atoms with Crippen LogP contribution in [0.25, 0.3) is 32.9 Å². The van der Waals surface area contributed by atoms with Crippen molar-refractivity contribution in [3.8, 4) is 29.4 Å². The zero-order chi connectivity index (χ0) is 42.1. The van der Waals surface area contributed by atoms with Gasteiger partial charge in [0.25, 0.3) is 5.91 Å². The molecule has 62 heavy (non-hydrogen) atoms. The van der Waals surface area contributed by atoms with E-state index >= 15 is 4.39 Å². The number of aromatic hydroxyl groups is 1. The number of amides is 1. The predicted octanol–water partition coefficient (Wildman–Crippen LogP) is 6.44. The topological polar surface area (TPSA) is 104 Å². The Morgan fingerprint density at radius 2 is 1.69 bits per heavy atom. The molecule has 2 N–H and O–H groups in total. The van der Waals surface area contributed by atoms with E-state index in [4.69, 9.17) is 21.4 Å². The molecular formula is C50H56FN9O2. The van der Waals surface area contributed by atoms with Crippen molar-refractivity contribution in [2.75, 3.05) is 82.3 Å². The van der Waals surface area contributed by atoms with Gasteiger partial charge < -0.3 is 34.9 Å². The number of carbonyl (C=O) groups is 1. The monoisotopic (exact) mass is 833 g/mol. The molecule has 11 rings (SSSR count). The maximum atomic E-state index is 17.1. The van der Waals surface area contributed by atoms with Crippen LogP contribution in [0.5, 0.6) is 5.75 Å². The third kappa shape index (κ3) is 7.41. The molecule has 6 aliphatic rings. The van der Waals surface area contributed by atoms with Crippen LogP contribution in [0, 0.1) is 29.5 Å². The average Bonchev–Trinajstić information content (AvgIpc) is 3.89. The summed E-state index contributed by atoms with van der Waals surface area (Å²) in [6, 6.07) is 15.9. The van der Waals surface area contributed by atoms with Crippen LogP contribution in [0.3, 0.4) is 0 Å². The number of phenolic OH excluding ortho intramolecular Hbond substituents is 1. The second-order valence-electron chi connectivity index (χ2n) is 19.2. The number of nitrogens with zero attached hydrogens (tertiary/aromatic N) is 8. The summed E-state index contributed by atoms with van der Waals surface area (Å²) in [5, 5.41) is 16.5. The van der Waals surface area contributed by atoms with E-state index in [1.54, 1.807) is 23.2 Å². The number of fused-ring (bicyclic) bond motifs is 5. The summed E-state index contributed by atoms with van der Waals surface area (Å²) >= 11 is 0. The van der Waals surface area contributed by atoms with Crippen molar-refractivity contribution in [2.45, 2.75) is 70.0 Å². The lowest BCUT2D eigenvalue weighted by atomic mass is 9.95. The van der Waals surface area contributed by atoms with E-state index in [0.717, 1.165) is 100 Å². The van der Waals surface area contributed by atoms with E-state index in [1.807, 2.05) is 31.3 Å². The number of hydrogen-bond acceptors (Lipinski definition) is 10. The number of carbonyl (C=O) groups excluding carboxylic acids is 1. The van der Waals surface area contributed by atoms with Gasteiger partial charge >= 0.3 is 0 Å². The number of nitrogens with one attached hydrogen (secondary N) is 1. The van der Waals surface area contributed by atoms with Gasteiger partial charge in [-0.2, -0.15) is 0 Å². The van der Waals surface area contributed by atoms with E-state index in [2.05, 4.69) is 43.0 Å². The molecule has 1 saturated carbocycles. The van der Waals surface area contributed by atoms with Gasteiger partial charge in [0.1, 0.15) is 28.6 Å². The largest absolute Gasteiger partial charge is 0.508 e. The summed E-state index contributed by atoms with van der Waals surface area (Å²) < 4.78 is 17.1. The van der Waals surface area contributed by atoms with Crippen molar-refractivity contribution < 1.29 is 14.3 Å². The van der Waals surface area contributed by atoms with Gasteiger partial charge in [-0.25, -0.2) is 14.4 Å². The number of halogens is 1. The Morgan fingerprint density at radius 1 is 0.919 bits per heavy atom. The lowest BCUT2D eigenvalue weighted by Crippen LogP contribution is -2.51. The van der Waals surface area contributed by atoms with Crippen LogP contribution in [0.15, 0.2) is 54.7 Å². The molecule has 1 aliphatic carbocycles. The van der Waals surface area contributed by atoms with Gasteiger partial charge in [-0.15, -0.1) is 6.42 Å². The summed E-state index contributed by atoms with van der Waals surface area (Å²) in [5.74, 6) is 4.56. The molecule has 2 unspecified atom stereocenters. The number of pyridine rings is 1. The molecule has 5 aromatic rings. The number of phenols is 1. The van der Waals surface area contributed by atoms with Gasteiger partial charge in [-0.1, -0.05) is 18.1 Å². The summed E-state index contributed by atoms with van der Waals surface area (Å²) in [6.45, 7) is 11.2. The molecule has 3 aromatic carbocycles. The minimum Gasteiger partial charge on any atom is -0.508 e. The van der Waals surface area contributed by atoms with E-state index in [9.17, 15) is 9.90 Å². The van der Waals surface area contributed by atoms with Crippen LogP contribution in [0.2, 0.25) is 0 Å². The molecule has 5 fully saturated rings. The Morgan fingerprint density at radius 3 is 2.45 bits per heavy atom. The fraction of sp³-hybridized carbons (Fsp3) is 0.480. The first-order valence-electron chi connectivity index (χ1n) is 22.9. The van der Waals surface area contributed by atoms with Crippen molar-refractivity contribution in [1.29, 1.82) is 0 Å². The first kappa shape index (κ1) is 39.5. The number of benzene rings is 3. The molecule has 2 aromatic heterocycles. The van der Waals surface area contributed by atoms with Crippen molar-refractivity contribution >= 4 is 39.1 Å². The molecule has 2 bridgehead atoms. The number of anilines is 2. The standard InChI is InChI=1S/C50H56FN9O2/c1-3-33-5-4-6-34-24-39(61)25-41(44(33)34)46-45(51)47-42(26-52-46)48(60-29-36-7-8-37(30-60)53-36)55-43(54-47)11-14-50(15-16-50)31-58-21-19-57(20-22-58)27-32-12-17-59(18-13-32)38-9-10-40-35(23-38)28-56(2)49(40)62/h1,4-6,9-10,23-26,32,36-37,53,61H,7-8,11-22,27-31H2,2H3. The van der Waals surface area contributed by atoms with Crippen LogP contribution >= 0.6 is 0 Å². The second kappa shape index (κ2) is 15.8. The van der Waals surface area contributed by atoms with Crippen LogP contribution in [0.4, 0.5) is 15.9 Å². The summed E-state index contributed by atoms with van der Waals surface area (Å²) in [4.78, 5) is 39.3. The Bertz CT molecular complexity index is 2600. The molecule has 1 amide bonds. The van der Waals surface area contributed by atoms with Gasteiger partial charge in [0.15, 0.2) is 5.82 Å². The normalized spacial score (nSPS) is 22.8. The van der Waals surface area contributed by atoms with Crippen LogP contribution in [0.1, 0.15) is 72.3 Å². The zero-order valence-electron chi connectivity index (χ0n) is 35.8. The van der Waals surface area contributed by atoms with Crippen molar-refractivity contribution in [3.05, 3.63) is 83.1 Å². The maximum absolute atomic E-state index is 17.1. The second-order valence-corrected chi connectivity index (χ2v) is 19.2. The first-order valence-corrected chi connectivity index (χ1v) is 22.9. The van der Waals surface area contributed by atoms with Gasteiger partial charge in [-0.05, 0) is 104 Å². The Hall–Kier alpha value is -5.35. The highest BCUT2D eigenvalue weighted by Crippen LogP contribution is 2.50. The molecule has 320 valence electrons. The lowest BCUT2D eigenvalue weighted by molar-refractivity contribution is 0.0816. The fourth-order valence-electron chi connectivity index (χ4n) is 11.3. The maximum Gasteiger partial charge on any atom is 0.254 e. The molecule has 0 radical (unpaired) electrons. The van der Waals surface area contributed by atoms with Crippen molar-refractivity contribution in [2.24, 2.45) is 11.3 Å². The van der Waals surface area contributed by atoms with Crippen molar-refractivity contribution in [1.82, 2.24) is 35.0 Å². The molecule has 11 nitrogen and oxygen atoms in total. The van der Waals surface area contributed by atoms with Gasteiger partial charge in [0, 0.05) is 132 Å². The number of aryl methyl sites for hydroxylation is 1. The van der Waals surface area contributed by atoms with E-state index in [0.29, 0.717) is 58.7 Å². The number of piperidine rings is 1. The number of hydrogen-bond donors (Lipinski definition) is 2. The molecule has 0 spiro atoms. The van der Waals surface area contributed by atoms with Crippen LogP contribution < -0.4 is 15.1 Å². The molecule has 4 saturated heterocycles. The van der Waals surface area contributed by atoms with E-state index < -0.39 is 5.82 Å². The minimum atomic E-state index is -0.514. The van der Waals surface area contributed by atoms with Gasteiger partial charge in [-0.3, -0.25) is 9.78 Å². The summed E-state index contributed by atoms with van der Waals surface area (Å²) in [6.07, 6.45) is 16.4. The zero-order valence-corrected chi connectivity index (χ0v) is 35.8. The molecule has 12 heteroatoms. The quantitative estimate of drug-likeness (QED) is 0.153. The summed E-state index contributed by atoms with van der Waals surface area (Å²) in [7, 11) is 1.88. The van der Waals surface area contributed by atoms with Crippen molar-refractivity contribution in [3.63, 3.8) is 0 Å². The number of rotatable bonds is 10. The Balaban J connectivity index is 0.758. The smallest absolute Gasteiger partial charge is 0.254 e. The summed E-state index contributed by atoms with van der Waals surface area (Å²) in [5.41, 5.74) is 4.98. The minimum absolute atomic E-state index is 0.0249. The van der Waals surface area contributed by atoms with Gasteiger partial charge in [0.2, 0.25) is 0 Å². The number of piperazine rings is 2. The molecule has 2 atom stereocenters. The third-order valence-corrected chi connectivity index (χ3v) is 15.0. The molecular weight excluding hydrogens is 778 g/mol. The molecule has 7 heterocycles. The first-order chi connectivity index (χ1) is 30.2. The van der Waals surface area contributed by atoms with E-state index in [1.165, 1.54) is 37.9 Å². The average molecular weight is 834 g/mol. The third-order valence-electron chi connectivity index (χ3n) is 15.0. The lowest BCUT2D eigenvalue weighted by Gasteiger charge is -2.40. The number of aromatic nitrogens is 3. The van der Waals surface area contributed by atoms with E-state index in [-0.39, 0.29) is 28.3 Å². The van der Waals surface area contributed by atoms with Gasteiger partial charge in [0.05, 0.1) is 5.39 Å². The van der Waals surface area contributed by atoms with Crippen LogP contribution in [-0.4, -0.2) is 125 Å². The SMILES string of the molecule is C#Cc1cccc2cc(O)cc(-c3ncc4c(N5CC6CCC(C5)N6)nc(CCC5(CN6CCN(CC7CCN(c8ccc9c(c8)CN(C)C9=O)CC7)CC6)CC5)nc4c3F)c12. The highest BCUT2D eigenvalue weighted by Gasteiger charge is 2.44. The highest BCUT2D eigenvalue weighted by molar-refractivity contribution is 6.03. The fourth-order valence-corrected chi connectivity index (χ4v) is 11.3. The molecule has 5 aliphatic heterocycles. The number of terminal acetylenes is 1. The van der Waals surface area contributed by atoms with Crippen LogP contribution in [-0.2, 0) is 13.0 Å². The Labute approximate surface area is 363 Å².